The second-order valence-electron chi connectivity index (χ2n) is 5.97. The SMILES string of the molecule is CC[C@H](CO)N(Cc1ccsc1)C(=O)Cn1nnc2ccccc2c1=O. The molecule has 136 valence electrons. The van der Waals surface area contributed by atoms with Crippen molar-refractivity contribution >= 4 is 28.1 Å². The number of rotatable bonds is 7. The maximum absolute atomic E-state index is 12.9. The highest BCUT2D eigenvalue weighted by atomic mass is 32.1. The summed E-state index contributed by atoms with van der Waals surface area (Å²) in [6.45, 7) is 1.95. The first-order chi connectivity index (χ1) is 12.6. The summed E-state index contributed by atoms with van der Waals surface area (Å²) >= 11 is 1.55. The molecule has 8 heteroatoms. The molecule has 3 rings (SSSR count). The first-order valence-electron chi connectivity index (χ1n) is 8.38. The molecule has 0 saturated carbocycles. The zero-order valence-electron chi connectivity index (χ0n) is 14.4. The number of aromatic nitrogens is 3. The average Bonchev–Trinajstić information content (AvgIpc) is 3.17. The lowest BCUT2D eigenvalue weighted by atomic mass is 10.1. The summed E-state index contributed by atoms with van der Waals surface area (Å²) in [7, 11) is 0. The highest BCUT2D eigenvalue weighted by molar-refractivity contribution is 7.07. The maximum atomic E-state index is 12.9. The topological polar surface area (TPSA) is 88.3 Å². The molecule has 7 nitrogen and oxygen atoms in total. The van der Waals surface area contributed by atoms with E-state index < -0.39 is 0 Å². The molecule has 0 aliphatic heterocycles. The molecule has 2 aromatic heterocycles. The number of thiophene rings is 1. The third kappa shape index (κ3) is 3.81. The first-order valence-corrected chi connectivity index (χ1v) is 9.32. The van der Waals surface area contributed by atoms with Crippen molar-refractivity contribution in [3.63, 3.8) is 0 Å². The van der Waals surface area contributed by atoms with E-state index in [9.17, 15) is 14.7 Å². The Hall–Kier alpha value is -2.58. The van der Waals surface area contributed by atoms with Crippen LogP contribution in [-0.4, -0.2) is 43.6 Å². The summed E-state index contributed by atoms with van der Waals surface area (Å²) in [6, 6.07) is 8.53. The van der Waals surface area contributed by atoms with E-state index in [-0.39, 0.29) is 30.7 Å². The molecule has 1 aromatic carbocycles. The molecule has 0 fully saturated rings. The zero-order valence-corrected chi connectivity index (χ0v) is 15.2. The second-order valence-corrected chi connectivity index (χ2v) is 6.75. The van der Waals surface area contributed by atoms with Crippen LogP contribution in [0.5, 0.6) is 0 Å². The summed E-state index contributed by atoms with van der Waals surface area (Å²) in [5.41, 5.74) is 1.14. The van der Waals surface area contributed by atoms with Gasteiger partial charge in [0, 0.05) is 6.54 Å². The van der Waals surface area contributed by atoms with Gasteiger partial charge in [0.15, 0.2) is 0 Å². The number of amides is 1. The molecule has 0 bridgehead atoms. The molecule has 0 saturated heterocycles. The molecule has 0 spiro atoms. The number of hydrogen-bond acceptors (Lipinski definition) is 6. The standard InChI is InChI=1S/C18H20N4O3S/c1-2-14(11-23)21(9-13-7-8-26-12-13)17(24)10-22-18(25)15-5-3-4-6-16(15)19-20-22/h3-8,12,14,23H,2,9-11H2,1H3/t14-/m1/s1. The Morgan fingerprint density at radius 2 is 2.15 bits per heavy atom. The molecule has 0 aliphatic rings. The van der Waals surface area contributed by atoms with E-state index in [1.54, 1.807) is 40.5 Å². The smallest absolute Gasteiger partial charge is 0.278 e. The fourth-order valence-electron chi connectivity index (χ4n) is 2.79. The number of carbonyl (C=O) groups is 1. The third-order valence-corrected chi connectivity index (χ3v) is 5.02. The second kappa shape index (κ2) is 8.20. The average molecular weight is 372 g/mol. The Morgan fingerprint density at radius 3 is 2.85 bits per heavy atom. The predicted molar refractivity (Wildman–Crippen MR) is 99.8 cm³/mol. The molecule has 0 radical (unpaired) electrons. The minimum atomic E-state index is -0.350. The minimum Gasteiger partial charge on any atom is -0.394 e. The number of aliphatic hydroxyl groups excluding tert-OH is 1. The summed E-state index contributed by atoms with van der Waals surface area (Å²) in [5, 5.41) is 21.9. The Labute approximate surface area is 154 Å². The largest absolute Gasteiger partial charge is 0.394 e. The van der Waals surface area contributed by atoms with Crippen molar-refractivity contribution < 1.29 is 9.90 Å². The quantitative estimate of drug-likeness (QED) is 0.681. The number of hydrogen-bond donors (Lipinski definition) is 1. The Morgan fingerprint density at radius 1 is 1.35 bits per heavy atom. The molecule has 26 heavy (non-hydrogen) atoms. The van der Waals surface area contributed by atoms with Crippen LogP contribution < -0.4 is 5.56 Å². The van der Waals surface area contributed by atoms with Crippen LogP contribution in [0, 0.1) is 0 Å². The summed E-state index contributed by atoms with van der Waals surface area (Å²) in [6.07, 6.45) is 0.616. The van der Waals surface area contributed by atoms with Gasteiger partial charge in [0.1, 0.15) is 12.1 Å². The van der Waals surface area contributed by atoms with E-state index in [4.69, 9.17) is 0 Å². The van der Waals surface area contributed by atoms with Crippen LogP contribution in [0.15, 0.2) is 45.9 Å². The third-order valence-electron chi connectivity index (χ3n) is 4.29. The van der Waals surface area contributed by atoms with E-state index in [1.807, 2.05) is 23.8 Å². The van der Waals surface area contributed by atoms with Crippen molar-refractivity contribution in [1.82, 2.24) is 19.9 Å². The van der Waals surface area contributed by atoms with Gasteiger partial charge in [-0.2, -0.15) is 11.3 Å². The van der Waals surface area contributed by atoms with Crippen LogP contribution in [0.3, 0.4) is 0 Å². The summed E-state index contributed by atoms with van der Waals surface area (Å²) in [5.74, 6) is -0.274. The number of aliphatic hydroxyl groups is 1. The normalized spacial score (nSPS) is 12.2. The molecular weight excluding hydrogens is 352 g/mol. The van der Waals surface area contributed by atoms with Crippen molar-refractivity contribution in [2.45, 2.75) is 32.5 Å². The van der Waals surface area contributed by atoms with Crippen LogP contribution in [0.25, 0.3) is 10.9 Å². The van der Waals surface area contributed by atoms with Gasteiger partial charge in [-0.25, -0.2) is 4.68 Å². The zero-order chi connectivity index (χ0) is 18.5. The van der Waals surface area contributed by atoms with E-state index in [0.717, 1.165) is 10.2 Å². The van der Waals surface area contributed by atoms with Crippen LogP contribution >= 0.6 is 11.3 Å². The molecule has 3 aromatic rings. The summed E-state index contributed by atoms with van der Waals surface area (Å²) in [4.78, 5) is 27.0. The Balaban J connectivity index is 1.87. The molecule has 0 unspecified atom stereocenters. The van der Waals surface area contributed by atoms with E-state index in [1.165, 1.54) is 0 Å². The molecule has 2 heterocycles. The number of nitrogens with zero attached hydrogens (tertiary/aromatic N) is 4. The fourth-order valence-corrected chi connectivity index (χ4v) is 3.45. The highest BCUT2D eigenvalue weighted by Gasteiger charge is 2.23. The van der Waals surface area contributed by atoms with Crippen molar-refractivity contribution in [2.75, 3.05) is 6.61 Å². The van der Waals surface area contributed by atoms with Crippen molar-refractivity contribution in [1.29, 1.82) is 0 Å². The summed E-state index contributed by atoms with van der Waals surface area (Å²) < 4.78 is 1.08. The monoisotopic (exact) mass is 372 g/mol. The van der Waals surface area contributed by atoms with Crippen molar-refractivity contribution in [3.05, 3.63) is 57.0 Å². The van der Waals surface area contributed by atoms with Crippen LogP contribution in [0.4, 0.5) is 0 Å². The lowest BCUT2D eigenvalue weighted by Crippen LogP contribution is -2.44. The van der Waals surface area contributed by atoms with E-state index >= 15 is 0 Å². The molecular formula is C18H20N4O3S. The van der Waals surface area contributed by atoms with Gasteiger partial charge < -0.3 is 10.0 Å². The van der Waals surface area contributed by atoms with Gasteiger partial charge >= 0.3 is 0 Å². The van der Waals surface area contributed by atoms with E-state index in [0.29, 0.717) is 23.9 Å². The lowest BCUT2D eigenvalue weighted by molar-refractivity contribution is -0.136. The van der Waals surface area contributed by atoms with Gasteiger partial charge in [0.2, 0.25) is 5.91 Å². The van der Waals surface area contributed by atoms with Crippen LogP contribution in [0.1, 0.15) is 18.9 Å². The highest BCUT2D eigenvalue weighted by Crippen LogP contribution is 2.14. The van der Waals surface area contributed by atoms with E-state index in [2.05, 4.69) is 10.3 Å². The Bertz CT molecular complexity index is 935. The first kappa shape index (κ1) is 18.2. The van der Waals surface area contributed by atoms with Crippen molar-refractivity contribution in [3.8, 4) is 0 Å². The number of benzene rings is 1. The van der Waals surface area contributed by atoms with Gasteiger partial charge in [-0.05, 0) is 40.9 Å². The molecule has 1 atom stereocenters. The number of carbonyl (C=O) groups excluding carboxylic acids is 1. The molecule has 0 aliphatic carbocycles. The number of fused-ring (bicyclic) bond motifs is 1. The van der Waals surface area contributed by atoms with Gasteiger partial charge in [-0.1, -0.05) is 24.3 Å². The van der Waals surface area contributed by atoms with Crippen LogP contribution in [0.2, 0.25) is 0 Å². The van der Waals surface area contributed by atoms with Gasteiger partial charge in [-0.3, -0.25) is 9.59 Å². The minimum absolute atomic E-state index is 0.134. The molecule has 1 N–H and O–H groups in total. The van der Waals surface area contributed by atoms with Crippen molar-refractivity contribution in [2.24, 2.45) is 0 Å². The predicted octanol–water partition coefficient (Wildman–Crippen LogP) is 1.65. The Kier molecular flexibility index (Phi) is 5.75. The van der Waals surface area contributed by atoms with Gasteiger partial charge in [0.05, 0.1) is 18.0 Å². The fraction of sp³-hybridized carbons (Fsp3) is 0.333. The van der Waals surface area contributed by atoms with Gasteiger partial charge in [-0.15, -0.1) is 5.10 Å². The van der Waals surface area contributed by atoms with Gasteiger partial charge in [0.25, 0.3) is 5.56 Å². The molecule has 1 amide bonds. The lowest BCUT2D eigenvalue weighted by Gasteiger charge is -2.29. The van der Waals surface area contributed by atoms with Crippen LogP contribution in [-0.2, 0) is 17.9 Å². The maximum Gasteiger partial charge on any atom is 0.278 e.